The van der Waals surface area contributed by atoms with E-state index in [-0.39, 0.29) is 5.91 Å². The molecule has 1 fully saturated rings. The predicted molar refractivity (Wildman–Crippen MR) is 65.9 cm³/mol. The summed E-state index contributed by atoms with van der Waals surface area (Å²) in [4.78, 5) is 13.7. The lowest BCUT2D eigenvalue weighted by Gasteiger charge is -2.32. The Bertz CT molecular complexity index is 253. The Morgan fingerprint density at radius 3 is 2.44 bits per heavy atom. The molecule has 0 bridgehead atoms. The highest BCUT2D eigenvalue weighted by molar-refractivity contribution is 5.84. The molecular formula is C12H25N3O. The molecule has 1 rings (SSSR count). The van der Waals surface area contributed by atoms with Crippen LogP contribution in [0.15, 0.2) is 0 Å². The molecule has 1 amide bonds. The predicted octanol–water partition coefficient (Wildman–Crippen LogP) is 0.842. The lowest BCUT2D eigenvalue weighted by atomic mass is 9.97. The first-order valence-electron chi connectivity index (χ1n) is 6.25. The minimum Gasteiger partial charge on any atom is -0.368 e. The van der Waals surface area contributed by atoms with Crippen LogP contribution >= 0.6 is 0 Å². The topological polar surface area (TPSA) is 72.3 Å². The van der Waals surface area contributed by atoms with E-state index in [2.05, 4.69) is 25.8 Å². The zero-order valence-corrected chi connectivity index (χ0v) is 10.7. The molecule has 0 aliphatic heterocycles. The molecule has 0 radical (unpaired) electrons. The summed E-state index contributed by atoms with van der Waals surface area (Å²) in [7, 11) is 2.13. The number of rotatable bonds is 5. The molecule has 1 aliphatic rings. The van der Waals surface area contributed by atoms with Gasteiger partial charge in [0.1, 0.15) is 0 Å². The number of amides is 1. The van der Waals surface area contributed by atoms with E-state index >= 15 is 0 Å². The summed E-state index contributed by atoms with van der Waals surface area (Å²) >= 11 is 0. The second-order valence-corrected chi connectivity index (χ2v) is 5.05. The first-order valence-corrected chi connectivity index (χ1v) is 6.25. The third-order valence-electron chi connectivity index (χ3n) is 4.11. The molecule has 0 aromatic carbocycles. The molecule has 0 spiro atoms. The number of hydrogen-bond donors (Lipinski definition) is 2. The van der Waals surface area contributed by atoms with Gasteiger partial charge in [0.25, 0.3) is 0 Å². The highest BCUT2D eigenvalue weighted by Crippen LogP contribution is 2.32. The Hall–Kier alpha value is -0.610. The summed E-state index contributed by atoms with van der Waals surface area (Å²) in [6.07, 6.45) is 4.68. The maximum absolute atomic E-state index is 11.3. The Labute approximate surface area is 98.3 Å². The van der Waals surface area contributed by atoms with Crippen molar-refractivity contribution in [3.8, 4) is 0 Å². The monoisotopic (exact) mass is 227 g/mol. The van der Waals surface area contributed by atoms with Crippen molar-refractivity contribution in [2.24, 2.45) is 11.5 Å². The van der Waals surface area contributed by atoms with Gasteiger partial charge in [-0.15, -0.1) is 0 Å². The van der Waals surface area contributed by atoms with Crippen LogP contribution in [0.3, 0.4) is 0 Å². The van der Waals surface area contributed by atoms with Crippen molar-refractivity contribution in [3.05, 3.63) is 0 Å². The molecule has 0 aromatic rings. The summed E-state index contributed by atoms with van der Waals surface area (Å²) in [5.41, 5.74) is 10.6. The quantitative estimate of drug-likeness (QED) is 0.731. The van der Waals surface area contributed by atoms with Crippen molar-refractivity contribution in [1.82, 2.24) is 4.90 Å². The highest BCUT2D eigenvalue weighted by Gasteiger charge is 2.42. The molecule has 4 N–H and O–H groups in total. The van der Waals surface area contributed by atoms with Crippen LogP contribution in [0.5, 0.6) is 0 Å². The zero-order valence-electron chi connectivity index (χ0n) is 10.7. The Morgan fingerprint density at radius 2 is 2.06 bits per heavy atom. The molecule has 0 heterocycles. The summed E-state index contributed by atoms with van der Waals surface area (Å²) in [5.74, 6) is -0.354. The van der Waals surface area contributed by atoms with Crippen molar-refractivity contribution >= 4 is 5.91 Å². The molecule has 4 heteroatoms. The van der Waals surface area contributed by atoms with Gasteiger partial charge >= 0.3 is 0 Å². The minimum absolute atomic E-state index is 0.354. The van der Waals surface area contributed by atoms with Crippen LogP contribution in [0.2, 0.25) is 0 Å². The van der Waals surface area contributed by atoms with E-state index in [0.717, 1.165) is 25.7 Å². The Morgan fingerprint density at radius 1 is 1.50 bits per heavy atom. The molecule has 1 aliphatic carbocycles. The van der Waals surface area contributed by atoms with Gasteiger partial charge in [-0.2, -0.15) is 0 Å². The van der Waals surface area contributed by atoms with E-state index < -0.39 is 5.54 Å². The van der Waals surface area contributed by atoms with Gasteiger partial charge in [0, 0.05) is 12.1 Å². The minimum atomic E-state index is -0.773. The normalized spacial score (nSPS) is 30.2. The van der Waals surface area contributed by atoms with Crippen molar-refractivity contribution < 1.29 is 4.79 Å². The fraction of sp³-hybridized carbons (Fsp3) is 0.917. The van der Waals surface area contributed by atoms with Gasteiger partial charge in [-0.3, -0.25) is 4.79 Å². The smallest absolute Gasteiger partial charge is 0.237 e. The Kier molecular flexibility index (Phi) is 4.33. The van der Waals surface area contributed by atoms with Gasteiger partial charge in [0.15, 0.2) is 0 Å². The summed E-state index contributed by atoms with van der Waals surface area (Å²) in [6, 6.07) is 0.989. The molecule has 2 atom stereocenters. The molecule has 94 valence electrons. The third kappa shape index (κ3) is 2.55. The average Bonchev–Trinajstić information content (AvgIpc) is 2.64. The molecule has 1 saturated carbocycles. The van der Waals surface area contributed by atoms with Crippen LogP contribution in [0.25, 0.3) is 0 Å². The average molecular weight is 227 g/mol. The number of hydrogen-bond acceptors (Lipinski definition) is 3. The molecule has 0 aromatic heterocycles. The fourth-order valence-electron chi connectivity index (χ4n) is 2.78. The largest absolute Gasteiger partial charge is 0.368 e. The third-order valence-corrected chi connectivity index (χ3v) is 4.11. The lowest BCUT2D eigenvalue weighted by Crippen LogP contribution is -2.51. The first kappa shape index (κ1) is 13.5. The molecule has 4 nitrogen and oxygen atoms in total. The lowest BCUT2D eigenvalue weighted by molar-refractivity contribution is -0.123. The molecule has 16 heavy (non-hydrogen) atoms. The maximum Gasteiger partial charge on any atom is 0.237 e. The van der Waals surface area contributed by atoms with E-state index in [1.165, 1.54) is 0 Å². The van der Waals surface area contributed by atoms with Crippen molar-refractivity contribution in [2.45, 2.75) is 63.6 Å². The second-order valence-electron chi connectivity index (χ2n) is 5.05. The van der Waals surface area contributed by atoms with Gasteiger partial charge in [-0.1, -0.05) is 13.8 Å². The van der Waals surface area contributed by atoms with Gasteiger partial charge in [-0.25, -0.2) is 0 Å². The second kappa shape index (κ2) is 5.15. The van der Waals surface area contributed by atoms with Crippen LogP contribution in [-0.2, 0) is 4.79 Å². The van der Waals surface area contributed by atoms with E-state index in [4.69, 9.17) is 11.5 Å². The summed E-state index contributed by atoms with van der Waals surface area (Å²) < 4.78 is 0. The molecule has 0 saturated heterocycles. The first-order chi connectivity index (χ1) is 7.44. The standard InChI is InChI=1S/C12H25N3O/c1-4-9(5-2)15(3)10-6-7-12(14,8-10)11(13)16/h9-10H,4-8,14H2,1-3H3,(H2,13,16). The van der Waals surface area contributed by atoms with Gasteiger partial charge in [0.05, 0.1) is 5.54 Å². The van der Waals surface area contributed by atoms with Crippen molar-refractivity contribution in [1.29, 1.82) is 0 Å². The number of primary amides is 1. The Balaban J connectivity index is 2.62. The highest BCUT2D eigenvalue weighted by atomic mass is 16.1. The fourth-order valence-corrected chi connectivity index (χ4v) is 2.78. The summed E-state index contributed by atoms with van der Waals surface area (Å²) in [5, 5.41) is 0. The van der Waals surface area contributed by atoms with Gasteiger partial charge < -0.3 is 16.4 Å². The number of carbonyl (C=O) groups is 1. The number of nitrogens with two attached hydrogens (primary N) is 2. The summed E-state index contributed by atoms with van der Waals surface area (Å²) in [6.45, 7) is 4.40. The number of nitrogens with zero attached hydrogens (tertiary/aromatic N) is 1. The van der Waals surface area contributed by atoms with E-state index in [9.17, 15) is 4.79 Å². The van der Waals surface area contributed by atoms with Crippen LogP contribution in [-0.4, -0.2) is 35.5 Å². The zero-order chi connectivity index (χ0) is 12.3. The molecule has 2 unspecified atom stereocenters. The number of carbonyl (C=O) groups excluding carboxylic acids is 1. The van der Waals surface area contributed by atoms with Crippen LogP contribution in [0.1, 0.15) is 46.0 Å². The van der Waals surface area contributed by atoms with Crippen LogP contribution < -0.4 is 11.5 Å². The van der Waals surface area contributed by atoms with Gasteiger partial charge in [0.2, 0.25) is 5.91 Å². The molecular weight excluding hydrogens is 202 g/mol. The van der Waals surface area contributed by atoms with Crippen molar-refractivity contribution in [3.63, 3.8) is 0 Å². The SMILES string of the molecule is CCC(CC)N(C)C1CCC(N)(C(N)=O)C1. The van der Waals surface area contributed by atoms with E-state index in [1.807, 2.05) is 0 Å². The van der Waals surface area contributed by atoms with Crippen LogP contribution in [0, 0.1) is 0 Å². The van der Waals surface area contributed by atoms with E-state index in [0.29, 0.717) is 18.5 Å². The van der Waals surface area contributed by atoms with Crippen LogP contribution in [0.4, 0.5) is 0 Å². The van der Waals surface area contributed by atoms with E-state index in [1.54, 1.807) is 0 Å². The maximum atomic E-state index is 11.3. The van der Waals surface area contributed by atoms with Crippen molar-refractivity contribution in [2.75, 3.05) is 7.05 Å². The van der Waals surface area contributed by atoms with Gasteiger partial charge in [-0.05, 0) is 39.2 Å².